The Morgan fingerprint density at radius 1 is 1.24 bits per heavy atom. The normalized spacial score (nSPS) is 12.4. The topological polar surface area (TPSA) is 56.0 Å². The molecule has 3 nitrogen and oxygen atoms in total. The third-order valence-electron chi connectivity index (χ3n) is 2.91. The van der Waals surface area contributed by atoms with Crippen LogP contribution >= 0.6 is 34.7 Å². The van der Waals surface area contributed by atoms with Gasteiger partial charge in [0, 0.05) is 5.02 Å². The maximum absolute atomic E-state index is 11.7. The smallest absolute Gasteiger partial charge is 0.235 e. The van der Waals surface area contributed by atoms with Crippen LogP contribution in [0.25, 0.3) is 10.2 Å². The number of primary amides is 1. The Balaban J connectivity index is 1.93. The van der Waals surface area contributed by atoms with E-state index in [1.54, 1.807) is 0 Å². The molecule has 0 aliphatic rings. The summed E-state index contributed by atoms with van der Waals surface area (Å²) in [6.07, 6.45) is 0. The van der Waals surface area contributed by atoms with Crippen LogP contribution in [0.15, 0.2) is 52.9 Å². The molecule has 0 aliphatic carbocycles. The molecule has 3 aromatic rings. The summed E-state index contributed by atoms with van der Waals surface area (Å²) in [4.78, 5) is 16.2. The van der Waals surface area contributed by atoms with Gasteiger partial charge in [-0.2, -0.15) is 0 Å². The summed E-state index contributed by atoms with van der Waals surface area (Å²) in [5, 5.41) is 0.209. The molecule has 0 saturated heterocycles. The number of aromatic nitrogens is 1. The van der Waals surface area contributed by atoms with Crippen LogP contribution in [0.1, 0.15) is 10.8 Å². The van der Waals surface area contributed by atoms with Gasteiger partial charge in [0.05, 0.1) is 10.2 Å². The van der Waals surface area contributed by atoms with Crippen molar-refractivity contribution < 1.29 is 4.79 Å². The fraction of sp³-hybridized carbons (Fsp3) is 0.0667. The maximum atomic E-state index is 11.7. The average molecular weight is 335 g/mol. The zero-order chi connectivity index (χ0) is 14.8. The van der Waals surface area contributed by atoms with E-state index in [-0.39, 0.29) is 5.91 Å². The quantitative estimate of drug-likeness (QED) is 0.725. The first kappa shape index (κ1) is 14.4. The molecule has 106 valence electrons. The summed E-state index contributed by atoms with van der Waals surface area (Å²) in [6.45, 7) is 0. The lowest BCUT2D eigenvalue weighted by Gasteiger charge is -2.11. The zero-order valence-corrected chi connectivity index (χ0v) is 13.2. The highest BCUT2D eigenvalue weighted by Crippen LogP contribution is 2.39. The summed E-state index contributed by atoms with van der Waals surface area (Å²) in [5.74, 6) is -0.372. The molecule has 2 N–H and O–H groups in total. The Hall–Kier alpha value is -1.56. The fourth-order valence-corrected chi connectivity index (χ4v) is 4.31. The van der Waals surface area contributed by atoms with Crippen molar-refractivity contribution in [2.75, 3.05) is 0 Å². The molecular formula is C15H11ClN2OS2. The second-order valence-electron chi connectivity index (χ2n) is 4.40. The van der Waals surface area contributed by atoms with Gasteiger partial charge in [-0.05, 0) is 23.8 Å². The van der Waals surface area contributed by atoms with Crippen LogP contribution in [0.3, 0.4) is 0 Å². The summed E-state index contributed by atoms with van der Waals surface area (Å²) < 4.78 is 1.85. The van der Waals surface area contributed by atoms with Gasteiger partial charge in [0.1, 0.15) is 5.25 Å². The van der Waals surface area contributed by atoms with Gasteiger partial charge >= 0.3 is 0 Å². The SMILES string of the molecule is NC(=O)C(Sc1nc2cc(Cl)ccc2s1)c1ccccc1. The third kappa shape index (κ3) is 3.20. The van der Waals surface area contributed by atoms with Crippen molar-refractivity contribution in [1.29, 1.82) is 0 Å². The maximum Gasteiger partial charge on any atom is 0.235 e. The van der Waals surface area contributed by atoms with Crippen molar-refractivity contribution >= 4 is 50.8 Å². The molecule has 0 bridgehead atoms. The first-order chi connectivity index (χ1) is 10.1. The number of rotatable bonds is 4. The summed E-state index contributed by atoms with van der Waals surface area (Å²) in [5.41, 5.74) is 7.25. The number of fused-ring (bicyclic) bond motifs is 1. The Labute approximate surface area is 135 Å². The van der Waals surface area contributed by atoms with E-state index in [1.165, 1.54) is 23.1 Å². The Morgan fingerprint density at radius 2 is 2.00 bits per heavy atom. The number of hydrogen-bond acceptors (Lipinski definition) is 4. The fourth-order valence-electron chi connectivity index (χ4n) is 1.95. The van der Waals surface area contributed by atoms with Crippen molar-refractivity contribution in [3.05, 3.63) is 59.1 Å². The molecule has 0 fully saturated rings. The molecular weight excluding hydrogens is 324 g/mol. The van der Waals surface area contributed by atoms with Crippen molar-refractivity contribution in [2.45, 2.75) is 9.59 Å². The van der Waals surface area contributed by atoms with E-state index in [9.17, 15) is 4.79 Å². The van der Waals surface area contributed by atoms with Crippen molar-refractivity contribution in [3.8, 4) is 0 Å². The van der Waals surface area contributed by atoms with E-state index in [1.807, 2.05) is 48.5 Å². The van der Waals surface area contributed by atoms with Gasteiger partial charge in [0.15, 0.2) is 4.34 Å². The first-order valence-electron chi connectivity index (χ1n) is 6.20. The average Bonchev–Trinajstić information content (AvgIpc) is 2.87. The van der Waals surface area contributed by atoms with Gasteiger partial charge < -0.3 is 5.73 Å². The van der Waals surface area contributed by atoms with Crippen molar-refractivity contribution in [1.82, 2.24) is 4.98 Å². The molecule has 0 spiro atoms. The monoisotopic (exact) mass is 334 g/mol. The lowest BCUT2D eigenvalue weighted by molar-refractivity contribution is -0.117. The summed E-state index contributed by atoms with van der Waals surface area (Å²) >= 11 is 8.87. The Kier molecular flexibility index (Phi) is 4.14. The second-order valence-corrected chi connectivity index (χ2v) is 7.22. The van der Waals surface area contributed by atoms with Crippen LogP contribution in [0, 0.1) is 0 Å². The minimum Gasteiger partial charge on any atom is -0.368 e. The van der Waals surface area contributed by atoms with Crippen LogP contribution in [0.2, 0.25) is 5.02 Å². The van der Waals surface area contributed by atoms with Crippen LogP contribution in [-0.4, -0.2) is 10.9 Å². The summed E-state index contributed by atoms with van der Waals surface area (Å²) in [7, 11) is 0. The highest BCUT2D eigenvalue weighted by atomic mass is 35.5. The number of halogens is 1. The lowest BCUT2D eigenvalue weighted by Crippen LogP contribution is -2.18. The number of benzene rings is 2. The number of thioether (sulfide) groups is 1. The van der Waals surface area contributed by atoms with Gasteiger partial charge in [-0.1, -0.05) is 53.7 Å². The molecule has 21 heavy (non-hydrogen) atoms. The predicted molar refractivity (Wildman–Crippen MR) is 88.9 cm³/mol. The Bertz CT molecular complexity index is 789. The Morgan fingerprint density at radius 3 is 2.71 bits per heavy atom. The van der Waals surface area contributed by atoms with Gasteiger partial charge in [-0.3, -0.25) is 4.79 Å². The molecule has 2 aromatic carbocycles. The third-order valence-corrected chi connectivity index (χ3v) is 5.55. The molecule has 6 heteroatoms. The van der Waals surface area contributed by atoms with Gasteiger partial charge in [-0.15, -0.1) is 11.3 Å². The first-order valence-corrected chi connectivity index (χ1v) is 8.28. The summed E-state index contributed by atoms with van der Waals surface area (Å²) in [6, 6.07) is 15.1. The van der Waals surface area contributed by atoms with Gasteiger partial charge in [0.2, 0.25) is 5.91 Å². The van der Waals surface area contributed by atoms with E-state index in [0.29, 0.717) is 5.02 Å². The number of nitrogens with zero attached hydrogens (tertiary/aromatic N) is 1. The highest BCUT2D eigenvalue weighted by molar-refractivity contribution is 8.02. The predicted octanol–water partition coefficient (Wildman–Crippen LogP) is 4.27. The zero-order valence-electron chi connectivity index (χ0n) is 10.8. The lowest BCUT2D eigenvalue weighted by atomic mass is 10.1. The number of carbonyl (C=O) groups is 1. The number of nitrogens with two attached hydrogens (primary N) is 1. The largest absolute Gasteiger partial charge is 0.368 e. The molecule has 0 radical (unpaired) electrons. The number of thiazole rings is 1. The van der Waals surface area contributed by atoms with E-state index < -0.39 is 5.25 Å². The molecule has 1 atom stereocenters. The molecule has 0 aliphatic heterocycles. The van der Waals surface area contributed by atoms with Crippen LogP contribution in [0.5, 0.6) is 0 Å². The number of carbonyl (C=O) groups excluding carboxylic acids is 1. The van der Waals surface area contributed by atoms with Crippen molar-refractivity contribution in [2.24, 2.45) is 5.73 Å². The second kappa shape index (κ2) is 6.05. The van der Waals surface area contributed by atoms with Crippen LogP contribution in [0.4, 0.5) is 0 Å². The standard InChI is InChI=1S/C15H11ClN2OS2/c16-10-6-7-12-11(8-10)18-15(20-12)21-13(14(17)19)9-4-2-1-3-5-9/h1-8,13H,(H2,17,19). The molecule has 3 rings (SSSR count). The van der Waals surface area contributed by atoms with Gasteiger partial charge in [-0.25, -0.2) is 4.98 Å². The minimum atomic E-state index is -0.442. The van der Waals surface area contributed by atoms with Gasteiger partial charge in [0.25, 0.3) is 0 Å². The van der Waals surface area contributed by atoms with Crippen LogP contribution in [-0.2, 0) is 4.79 Å². The highest BCUT2D eigenvalue weighted by Gasteiger charge is 2.21. The van der Waals surface area contributed by atoms with Crippen molar-refractivity contribution in [3.63, 3.8) is 0 Å². The van der Waals surface area contributed by atoms with Crippen LogP contribution < -0.4 is 5.73 Å². The van der Waals surface area contributed by atoms with E-state index in [0.717, 1.165) is 20.1 Å². The number of hydrogen-bond donors (Lipinski definition) is 1. The molecule has 1 heterocycles. The van der Waals surface area contributed by atoms with E-state index in [2.05, 4.69) is 4.98 Å². The molecule has 1 aromatic heterocycles. The molecule has 0 saturated carbocycles. The molecule has 1 amide bonds. The number of amides is 1. The van der Waals surface area contributed by atoms with E-state index >= 15 is 0 Å². The van der Waals surface area contributed by atoms with E-state index in [4.69, 9.17) is 17.3 Å². The molecule has 1 unspecified atom stereocenters. The minimum absolute atomic E-state index is 0.372.